The van der Waals surface area contributed by atoms with E-state index in [1.807, 2.05) is 0 Å². The van der Waals surface area contributed by atoms with E-state index in [4.69, 9.17) is 11.6 Å². The highest BCUT2D eigenvalue weighted by molar-refractivity contribution is 6.31. The maximum absolute atomic E-state index is 13.0. The lowest BCUT2D eigenvalue weighted by Crippen LogP contribution is -2.43. The number of hydrogen-bond donors (Lipinski definition) is 0. The fraction of sp³-hybridized carbons (Fsp3) is 0.625. The Kier molecular flexibility index (Phi) is 8.92. The molecule has 7 heteroatoms. The molecule has 1 unspecified atom stereocenters. The normalized spacial score (nSPS) is 15.4. The van der Waals surface area contributed by atoms with E-state index >= 15 is 0 Å². The third-order valence-electron chi connectivity index (χ3n) is 5.36. The molecule has 1 heterocycles. The van der Waals surface area contributed by atoms with Crippen LogP contribution in [0.2, 0.25) is 5.02 Å². The maximum Gasteiger partial charge on any atom is 0.248 e. The van der Waals surface area contributed by atoms with Crippen LogP contribution in [0.1, 0.15) is 60.3 Å². The Morgan fingerprint density at radius 2 is 1.97 bits per heavy atom. The topological polar surface area (TPSA) is 60.9 Å². The molecule has 0 aromatic heterocycles. The molecule has 6 nitrogen and oxygen atoms in total. The third-order valence-corrected chi connectivity index (χ3v) is 5.59. The van der Waals surface area contributed by atoms with Crippen LogP contribution in [0.15, 0.2) is 24.3 Å². The van der Waals surface area contributed by atoms with Crippen LogP contribution in [0, 0.1) is 11.3 Å². The summed E-state index contributed by atoms with van der Waals surface area (Å²) in [5, 5.41) is 0.538. The molecular formula is C24H36ClN3O3. The van der Waals surface area contributed by atoms with E-state index in [2.05, 4.69) is 34.6 Å². The lowest BCUT2D eigenvalue weighted by atomic mass is 9.84. The van der Waals surface area contributed by atoms with Gasteiger partial charge in [0.05, 0.1) is 6.54 Å². The summed E-state index contributed by atoms with van der Waals surface area (Å²) >= 11 is 6.04. The lowest BCUT2D eigenvalue weighted by molar-refractivity contribution is -0.141. The summed E-state index contributed by atoms with van der Waals surface area (Å²) in [6, 6.07) is 7.03. The van der Waals surface area contributed by atoms with Gasteiger partial charge in [0.25, 0.3) is 0 Å². The van der Waals surface area contributed by atoms with Crippen LogP contribution >= 0.6 is 11.6 Å². The Hall–Kier alpha value is -2.08. The van der Waals surface area contributed by atoms with Crippen molar-refractivity contribution in [3.05, 3.63) is 29.3 Å². The van der Waals surface area contributed by atoms with Crippen molar-refractivity contribution in [1.29, 1.82) is 0 Å². The Labute approximate surface area is 191 Å². The van der Waals surface area contributed by atoms with Crippen molar-refractivity contribution in [2.75, 3.05) is 31.2 Å². The van der Waals surface area contributed by atoms with Gasteiger partial charge in [-0.2, -0.15) is 0 Å². The lowest BCUT2D eigenvalue weighted by Gasteiger charge is -2.28. The van der Waals surface area contributed by atoms with Crippen molar-refractivity contribution < 1.29 is 14.4 Å². The van der Waals surface area contributed by atoms with Gasteiger partial charge in [-0.3, -0.25) is 19.3 Å². The molecule has 1 saturated heterocycles. The van der Waals surface area contributed by atoms with Crippen LogP contribution in [-0.4, -0.2) is 53.8 Å². The second-order valence-electron chi connectivity index (χ2n) is 9.78. The number of unbranched alkanes of at least 4 members (excludes halogenated alkanes) is 1. The quantitative estimate of drug-likeness (QED) is 0.555. The number of nitrogens with zero attached hydrogens (tertiary/aromatic N) is 3. The summed E-state index contributed by atoms with van der Waals surface area (Å²) in [5.41, 5.74) is 0.825. The van der Waals surface area contributed by atoms with Crippen molar-refractivity contribution in [1.82, 2.24) is 9.80 Å². The van der Waals surface area contributed by atoms with Gasteiger partial charge in [0.2, 0.25) is 17.7 Å². The average Bonchev–Trinajstić information content (AvgIpc) is 3.05. The fourth-order valence-electron chi connectivity index (χ4n) is 4.03. The largest absolute Gasteiger partial charge is 0.333 e. The molecule has 31 heavy (non-hydrogen) atoms. The number of carbonyl (C=O) groups excluding carboxylic acids is 3. The highest BCUT2D eigenvalue weighted by Gasteiger charge is 2.33. The van der Waals surface area contributed by atoms with Gasteiger partial charge in [-0.05, 0) is 42.4 Å². The first-order valence-corrected chi connectivity index (χ1v) is 11.5. The molecule has 2 rings (SSSR count). The molecule has 1 aliphatic heterocycles. The summed E-state index contributed by atoms with van der Waals surface area (Å²) in [5.74, 6) is -0.0964. The van der Waals surface area contributed by atoms with E-state index in [1.165, 1.54) is 4.90 Å². The monoisotopic (exact) mass is 449 g/mol. The number of amides is 3. The summed E-state index contributed by atoms with van der Waals surface area (Å²) in [6.45, 7) is 11.4. The molecular weight excluding hydrogens is 414 g/mol. The van der Waals surface area contributed by atoms with Crippen LogP contribution in [0.5, 0.6) is 0 Å². The summed E-state index contributed by atoms with van der Waals surface area (Å²) in [6.07, 6.45) is 3.17. The van der Waals surface area contributed by atoms with Crippen molar-refractivity contribution in [2.24, 2.45) is 11.3 Å². The van der Waals surface area contributed by atoms with Crippen molar-refractivity contribution in [2.45, 2.75) is 60.3 Å². The van der Waals surface area contributed by atoms with Crippen LogP contribution in [0.3, 0.4) is 0 Å². The van der Waals surface area contributed by atoms with Crippen LogP contribution in [-0.2, 0) is 14.4 Å². The first-order valence-electron chi connectivity index (χ1n) is 11.1. The van der Waals surface area contributed by atoms with Crippen LogP contribution in [0.25, 0.3) is 0 Å². The van der Waals surface area contributed by atoms with E-state index in [-0.39, 0.29) is 48.8 Å². The molecule has 1 aromatic rings. The highest BCUT2D eigenvalue weighted by Crippen LogP contribution is 2.27. The molecule has 0 bridgehead atoms. The third kappa shape index (κ3) is 7.84. The van der Waals surface area contributed by atoms with Crippen molar-refractivity contribution in [3.63, 3.8) is 0 Å². The number of anilines is 1. The summed E-state index contributed by atoms with van der Waals surface area (Å²) < 4.78 is 0. The Morgan fingerprint density at radius 1 is 1.26 bits per heavy atom. The molecule has 1 aromatic carbocycles. The predicted molar refractivity (Wildman–Crippen MR) is 125 cm³/mol. The molecule has 3 amide bonds. The SMILES string of the molecule is CCCCN(CC(=O)N1CC(=O)N(c2cccc(Cl)c2)C1)C(=O)CC(C)CC(C)(C)C. The molecule has 1 fully saturated rings. The zero-order chi connectivity index (χ0) is 23.2. The van der Waals surface area contributed by atoms with Gasteiger partial charge >= 0.3 is 0 Å². The number of hydrogen-bond acceptors (Lipinski definition) is 3. The zero-order valence-corrected chi connectivity index (χ0v) is 20.2. The first-order chi connectivity index (χ1) is 14.5. The Bertz CT molecular complexity index is 791. The molecule has 0 radical (unpaired) electrons. The van der Waals surface area contributed by atoms with Gasteiger partial charge < -0.3 is 9.80 Å². The van der Waals surface area contributed by atoms with E-state index in [0.29, 0.717) is 23.7 Å². The summed E-state index contributed by atoms with van der Waals surface area (Å²) in [7, 11) is 0. The molecule has 172 valence electrons. The van der Waals surface area contributed by atoms with Gasteiger partial charge in [-0.15, -0.1) is 0 Å². The van der Waals surface area contributed by atoms with E-state index in [9.17, 15) is 14.4 Å². The number of halogens is 1. The van der Waals surface area contributed by atoms with Gasteiger partial charge in [0.15, 0.2) is 0 Å². The number of carbonyl (C=O) groups is 3. The van der Waals surface area contributed by atoms with E-state index in [0.717, 1.165) is 19.3 Å². The highest BCUT2D eigenvalue weighted by atomic mass is 35.5. The smallest absolute Gasteiger partial charge is 0.248 e. The van der Waals surface area contributed by atoms with E-state index in [1.54, 1.807) is 34.1 Å². The van der Waals surface area contributed by atoms with Gasteiger partial charge in [0, 0.05) is 23.7 Å². The van der Waals surface area contributed by atoms with Gasteiger partial charge in [-0.25, -0.2) is 0 Å². The molecule has 1 atom stereocenters. The second-order valence-corrected chi connectivity index (χ2v) is 10.2. The van der Waals surface area contributed by atoms with Gasteiger partial charge in [-0.1, -0.05) is 58.7 Å². The number of benzene rings is 1. The minimum Gasteiger partial charge on any atom is -0.333 e. The summed E-state index contributed by atoms with van der Waals surface area (Å²) in [4.78, 5) is 43.1. The fourth-order valence-corrected chi connectivity index (χ4v) is 4.22. The average molecular weight is 450 g/mol. The van der Waals surface area contributed by atoms with Crippen LogP contribution in [0.4, 0.5) is 5.69 Å². The zero-order valence-electron chi connectivity index (χ0n) is 19.5. The van der Waals surface area contributed by atoms with E-state index < -0.39 is 0 Å². The Morgan fingerprint density at radius 3 is 2.58 bits per heavy atom. The number of rotatable bonds is 9. The maximum atomic E-state index is 13.0. The predicted octanol–water partition coefficient (Wildman–Crippen LogP) is 4.56. The molecule has 0 aliphatic carbocycles. The van der Waals surface area contributed by atoms with Crippen molar-refractivity contribution in [3.8, 4) is 0 Å². The second kappa shape index (κ2) is 11.0. The molecule has 0 N–H and O–H groups in total. The standard InChI is InChI=1S/C24H36ClN3O3/c1-6-7-11-26(21(29)12-18(2)14-24(3,4)5)15-22(30)27-16-23(31)28(17-27)20-10-8-9-19(25)13-20/h8-10,13,18H,6-7,11-12,14-17H2,1-5H3. The van der Waals surface area contributed by atoms with Gasteiger partial charge in [0.1, 0.15) is 13.2 Å². The van der Waals surface area contributed by atoms with Crippen molar-refractivity contribution >= 4 is 35.0 Å². The minimum atomic E-state index is -0.203. The first kappa shape index (κ1) is 25.2. The Balaban J connectivity index is 2.01. The molecule has 0 spiro atoms. The molecule has 0 saturated carbocycles. The minimum absolute atomic E-state index is 0.00997. The molecule has 1 aliphatic rings. The van der Waals surface area contributed by atoms with Crippen LogP contribution < -0.4 is 4.90 Å².